The molecule has 1 fully saturated rings. The molecule has 2 heterocycles. The van der Waals surface area contributed by atoms with E-state index in [9.17, 15) is 14.7 Å². The number of aliphatic carboxylic acids is 1. The Morgan fingerprint density at radius 1 is 1.38 bits per heavy atom. The Hall–Kier alpha value is -2.18. The molecule has 1 saturated heterocycles. The van der Waals surface area contributed by atoms with Crippen molar-refractivity contribution in [2.45, 2.75) is 19.8 Å². The highest BCUT2D eigenvalue weighted by Gasteiger charge is 2.39. The number of nitrogens with one attached hydrogen (secondary N) is 1. The van der Waals surface area contributed by atoms with Gasteiger partial charge in [0.2, 0.25) is 5.95 Å². The van der Waals surface area contributed by atoms with Crippen LogP contribution >= 0.6 is 0 Å². The summed E-state index contributed by atoms with van der Waals surface area (Å²) < 4.78 is 0. The Kier molecular flexibility index (Phi) is 4.72. The van der Waals surface area contributed by atoms with E-state index in [2.05, 4.69) is 15.3 Å². The molecule has 21 heavy (non-hydrogen) atoms. The third kappa shape index (κ3) is 3.29. The highest BCUT2D eigenvalue weighted by molar-refractivity contribution is 5.94. The maximum Gasteiger partial charge on any atom is 0.308 e. The van der Waals surface area contributed by atoms with Crippen LogP contribution in [0, 0.1) is 11.8 Å². The minimum absolute atomic E-state index is 0.0222. The number of carbonyl (C=O) groups is 2. The van der Waals surface area contributed by atoms with Gasteiger partial charge < -0.3 is 15.3 Å². The molecule has 0 saturated carbocycles. The van der Waals surface area contributed by atoms with Gasteiger partial charge in [0.1, 0.15) is 0 Å². The summed E-state index contributed by atoms with van der Waals surface area (Å²) in [5.41, 5.74) is 0.385. The molecular formula is C14H20N4O3. The van der Waals surface area contributed by atoms with Crippen molar-refractivity contribution in [1.29, 1.82) is 0 Å². The summed E-state index contributed by atoms with van der Waals surface area (Å²) in [6.45, 7) is 2.76. The topological polar surface area (TPSA) is 95.4 Å². The molecule has 1 aromatic rings. The third-order valence-electron chi connectivity index (χ3n) is 3.83. The zero-order valence-corrected chi connectivity index (χ0v) is 12.2. The van der Waals surface area contributed by atoms with Crippen molar-refractivity contribution in [2.24, 2.45) is 11.8 Å². The lowest BCUT2D eigenvalue weighted by molar-refractivity contribution is -0.142. The Bertz CT molecular complexity index is 517. The number of carboxylic acids is 1. The highest BCUT2D eigenvalue weighted by Crippen LogP contribution is 2.28. The van der Waals surface area contributed by atoms with Crippen LogP contribution in [0.25, 0.3) is 0 Å². The molecule has 0 aromatic carbocycles. The zero-order valence-electron chi connectivity index (χ0n) is 12.2. The van der Waals surface area contributed by atoms with Gasteiger partial charge in [-0.1, -0.05) is 13.3 Å². The monoisotopic (exact) mass is 292 g/mol. The van der Waals surface area contributed by atoms with Crippen LogP contribution in [0.3, 0.4) is 0 Å². The fraction of sp³-hybridized carbons (Fsp3) is 0.571. The number of amides is 1. The summed E-state index contributed by atoms with van der Waals surface area (Å²) in [6, 6.07) is 0. The lowest BCUT2D eigenvalue weighted by Gasteiger charge is -2.16. The van der Waals surface area contributed by atoms with Crippen molar-refractivity contribution >= 4 is 17.8 Å². The quantitative estimate of drug-likeness (QED) is 0.843. The van der Waals surface area contributed by atoms with E-state index < -0.39 is 11.9 Å². The molecule has 0 radical (unpaired) electrons. The summed E-state index contributed by atoms with van der Waals surface area (Å²) in [5.74, 6) is -1.05. The Balaban J connectivity index is 2.10. The standard InChI is InChI=1S/C14H20N4O3/c1-3-4-9-7-18(8-11(9)13(20)21)12(19)10-5-16-14(15-2)17-6-10/h5-6,9,11H,3-4,7-8H2,1-2H3,(H,20,21)(H,15,16,17)/t9-,11-/m1/s1. The number of rotatable bonds is 5. The normalized spacial score (nSPS) is 21.3. The molecule has 2 rings (SSSR count). The van der Waals surface area contributed by atoms with Crippen LogP contribution in [0.5, 0.6) is 0 Å². The summed E-state index contributed by atoms with van der Waals surface area (Å²) in [6.07, 6.45) is 4.65. The lowest BCUT2D eigenvalue weighted by atomic mass is 9.92. The summed E-state index contributed by atoms with van der Waals surface area (Å²) in [5, 5.41) is 12.1. The molecule has 0 aliphatic carbocycles. The van der Waals surface area contributed by atoms with Crippen molar-refractivity contribution in [2.75, 3.05) is 25.5 Å². The van der Waals surface area contributed by atoms with E-state index in [1.807, 2.05) is 6.92 Å². The average Bonchev–Trinajstić information content (AvgIpc) is 2.91. The lowest BCUT2D eigenvalue weighted by Crippen LogP contribution is -2.30. The second kappa shape index (κ2) is 6.51. The van der Waals surface area contributed by atoms with E-state index in [0.29, 0.717) is 18.1 Å². The number of anilines is 1. The predicted octanol–water partition coefficient (Wildman–Crippen LogP) is 1.09. The van der Waals surface area contributed by atoms with Crippen LogP contribution in [0.1, 0.15) is 30.1 Å². The van der Waals surface area contributed by atoms with Gasteiger partial charge in [0.15, 0.2) is 0 Å². The van der Waals surface area contributed by atoms with Crippen molar-refractivity contribution in [3.05, 3.63) is 18.0 Å². The molecule has 0 unspecified atom stereocenters. The second-order valence-corrected chi connectivity index (χ2v) is 5.25. The summed E-state index contributed by atoms with van der Waals surface area (Å²) in [4.78, 5) is 33.3. The minimum Gasteiger partial charge on any atom is -0.481 e. The van der Waals surface area contributed by atoms with Crippen molar-refractivity contribution in [1.82, 2.24) is 14.9 Å². The van der Waals surface area contributed by atoms with Gasteiger partial charge >= 0.3 is 5.97 Å². The minimum atomic E-state index is -0.828. The van der Waals surface area contributed by atoms with Gasteiger partial charge in [-0.2, -0.15) is 0 Å². The van der Waals surface area contributed by atoms with E-state index >= 15 is 0 Å². The number of likely N-dealkylation sites (tertiary alicyclic amines) is 1. The second-order valence-electron chi connectivity index (χ2n) is 5.25. The molecule has 0 spiro atoms. The highest BCUT2D eigenvalue weighted by atomic mass is 16.4. The number of carboxylic acid groups (broad SMARTS) is 1. The first-order valence-electron chi connectivity index (χ1n) is 7.08. The number of hydrogen-bond acceptors (Lipinski definition) is 5. The first-order valence-corrected chi connectivity index (χ1v) is 7.08. The molecular weight excluding hydrogens is 272 g/mol. The number of hydrogen-bond donors (Lipinski definition) is 2. The Morgan fingerprint density at radius 2 is 2.05 bits per heavy atom. The molecule has 1 aromatic heterocycles. The van der Waals surface area contributed by atoms with Crippen LogP contribution < -0.4 is 5.32 Å². The van der Waals surface area contributed by atoms with Crippen LogP contribution in [0.4, 0.5) is 5.95 Å². The van der Waals surface area contributed by atoms with Gasteiger partial charge in [0.25, 0.3) is 5.91 Å². The maximum absolute atomic E-state index is 12.4. The van der Waals surface area contributed by atoms with Crippen LogP contribution in [0.2, 0.25) is 0 Å². The third-order valence-corrected chi connectivity index (χ3v) is 3.83. The van der Waals surface area contributed by atoms with Gasteiger partial charge in [0, 0.05) is 32.5 Å². The number of nitrogens with zero attached hydrogens (tertiary/aromatic N) is 3. The summed E-state index contributed by atoms with van der Waals surface area (Å²) >= 11 is 0. The molecule has 7 nitrogen and oxygen atoms in total. The van der Waals surface area contributed by atoms with Crippen LogP contribution in [-0.4, -0.2) is 52.0 Å². The van der Waals surface area contributed by atoms with Crippen molar-refractivity contribution in [3.63, 3.8) is 0 Å². The number of carbonyl (C=O) groups excluding carboxylic acids is 1. The fourth-order valence-corrected chi connectivity index (χ4v) is 2.73. The van der Waals surface area contributed by atoms with Crippen LogP contribution in [-0.2, 0) is 4.79 Å². The SMILES string of the molecule is CCC[C@@H]1CN(C(=O)c2cnc(NC)nc2)C[C@H]1C(=O)O. The fourth-order valence-electron chi connectivity index (χ4n) is 2.73. The van der Waals surface area contributed by atoms with E-state index in [1.54, 1.807) is 11.9 Å². The smallest absolute Gasteiger partial charge is 0.308 e. The van der Waals surface area contributed by atoms with E-state index in [-0.39, 0.29) is 18.4 Å². The Labute approximate surface area is 123 Å². The van der Waals surface area contributed by atoms with Gasteiger partial charge in [-0.05, 0) is 12.3 Å². The van der Waals surface area contributed by atoms with Gasteiger partial charge in [-0.25, -0.2) is 9.97 Å². The predicted molar refractivity (Wildman–Crippen MR) is 77.0 cm³/mol. The van der Waals surface area contributed by atoms with Gasteiger partial charge in [0.05, 0.1) is 11.5 Å². The molecule has 1 amide bonds. The summed E-state index contributed by atoms with van der Waals surface area (Å²) in [7, 11) is 1.70. The molecule has 1 aliphatic rings. The molecule has 7 heteroatoms. The van der Waals surface area contributed by atoms with Crippen molar-refractivity contribution < 1.29 is 14.7 Å². The van der Waals surface area contributed by atoms with Crippen molar-refractivity contribution in [3.8, 4) is 0 Å². The van der Waals surface area contributed by atoms with Gasteiger partial charge in [-0.15, -0.1) is 0 Å². The Morgan fingerprint density at radius 3 is 2.57 bits per heavy atom. The zero-order chi connectivity index (χ0) is 15.4. The molecule has 0 bridgehead atoms. The van der Waals surface area contributed by atoms with E-state index in [4.69, 9.17) is 0 Å². The molecule has 2 N–H and O–H groups in total. The average molecular weight is 292 g/mol. The van der Waals surface area contributed by atoms with E-state index in [0.717, 1.165) is 12.8 Å². The molecule has 1 aliphatic heterocycles. The largest absolute Gasteiger partial charge is 0.481 e. The van der Waals surface area contributed by atoms with Crippen LogP contribution in [0.15, 0.2) is 12.4 Å². The van der Waals surface area contributed by atoms with Gasteiger partial charge in [-0.3, -0.25) is 9.59 Å². The molecule has 114 valence electrons. The first kappa shape index (κ1) is 15.2. The van der Waals surface area contributed by atoms with E-state index in [1.165, 1.54) is 12.4 Å². The maximum atomic E-state index is 12.4. The molecule has 2 atom stereocenters. The first-order chi connectivity index (χ1) is 10.1. The number of aromatic nitrogens is 2.